The van der Waals surface area contributed by atoms with Crippen LogP contribution in [0.1, 0.15) is 20.9 Å². The third-order valence-electron chi connectivity index (χ3n) is 2.33. The standard InChI is InChI=1S/C12H10BrN3OS2/c13-8-3-9(19-6-8)5-16-12(17)10-2-1-7(4-15-10)11(14)18/h1-4,6H,5H2,(H2,14,18)(H,16,17). The Balaban J connectivity index is 1.98. The van der Waals surface area contributed by atoms with Gasteiger partial charge in [0.15, 0.2) is 0 Å². The number of amides is 1. The summed E-state index contributed by atoms with van der Waals surface area (Å²) < 4.78 is 1.01. The summed E-state index contributed by atoms with van der Waals surface area (Å²) in [6.07, 6.45) is 1.50. The molecule has 0 saturated heterocycles. The molecular weight excluding hydrogens is 346 g/mol. The number of hydrogen-bond acceptors (Lipinski definition) is 4. The highest BCUT2D eigenvalue weighted by Crippen LogP contribution is 2.19. The van der Waals surface area contributed by atoms with Gasteiger partial charge in [-0.3, -0.25) is 9.78 Å². The number of nitrogens with zero attached hydrogens (tertiary/aromatic N) is 1. The van der Waals surface area contributed by atoms with Crippen LogP contribution in [0.3, 0.4) is 0 Å². The Bertz CT molecular complexity index is 610. The molecule has 7 heteroatoms. The maximum Gasteiger partial charge on any atom is 0.270 e. The number of halogens is 1. The summed E-state index contributed by atoms with van der Waals surface area (Å²) in [7, 11) is 0. The summed E-state index contributed by atoms with van der Waals surface area (Å²) in [4.78, 5) is 17.2. The molecule has 0 unspecified atom stereocenters. The molecule has 0 bridgehead atoms. The zero-order chi connectivity index (χ0) is 13.8. The molecule has 0 aliphatic carbocycles. The van der Waals surface area contributed by atoms with Gasteiger partial charge in [0, 0.05) is 26.5 Å². The van der Waals surface area contributed by atoms with Crippen molar-refractivity contribution in [2.24, 2.45) is 5.73 Å². The fraction of sp³-hybridized carbons (Fsp3) is 0.0833. The second-order valence-corrected chi connectivity index (χ2v) is 6.06. The van der Waals surface area contributed by atoms with Crippen LogP contribution in [-0.2, 0) is 6.54 Å². The van der Waals surface area contributed by atoms with Crippen LogP contribution in [-0.4, -0.2) is 15.9 Å². The van der Waals surface area contributed by atoms with Gasteiger partial charge in [-0.05, 0) is 34.1 Å². The molecule has 19 heavy (non-hydrogen) atoms. The van der Waals surface area contributed by atoms with E-state index in [4.69, 9.17) is 18.0 Å². The first-order valence-electron chi connectivity index (χ1n) is 5.33. The highest BCUT2D eigenvalue weighted by molar-refractivity contribution is 9.10. The van der Waals surface area contributed by atoms with Crippen LogP contribution in [0.5, 0.6) is 0 Å². The number of carbonyl (C=O) groups is 1. The Morgan fingerprint density at radius 2 is 2.32 bits per heavy atom. The minimum absolute atomic E-state index is 0.223. The van der Waals surface area contributed by atoms with Gasteiger partial charge in [0.2, 0.25) is 0 Å². The lowest BCUT2D eigenvalue weighted by molar-refractivity contribution is 0.0946. The number of pyridine rings is 1. The first-order chi connectivity index (χ1) is 9.06. The number of hydrogen-bond donors (Lipinski definition) is 2. The Morgan fingerprint density at radius 3 is 2.84 bits per heavy atom. The molecule has 1 amide bonds. The molecular formula is C12H10BrN3OS2. The zero-order valence-electron chi connectivity index (χ0n) is 9.72. The van der Waals surface area contributed by atoms with Crippen molar-refractivity contribution in [2.45, 2.75) is 6.54 Å². The first kappa shape index (κ1) is 14.1. The molecule has 0 saturated carbocycles. The third-order valence-corrected chi connectivity index (χ3v) is 4.26. The second-order valence-electron chi connectivity index (χ2n) is 3.71. The second kappa shape index (κ2) is 6.23. The number of nitrogens with one attached hydrogen (secondary N) is 1. The quantitative estimate of drug-likeness (QED) is 0.826. The van der Waals surface area contributed by atoms with E-state index in [-0.39, 0.29) is 10.9 Å². The lowest BCUT2D eigenvalue weighted by Gasteiger charge is -2.03. The molecule has 0 radical (unpaired) electrons. The molecule has 2 heterocycles. The summed E-state index contributed by atoms with van der Waals surface area (Å²) >= 11 is 9.77. The number of nitrogens with two attached hydrogens (primary N) is 1. The van der Waals surface area contributed by atoms with Gasteiger partial charge in [-0.15, -0.1) is 11.3 Å². The van der Waals surface area contributed by atoms with Crippen LogP contribution in [0, 0.1) is 0 Å². The van der Waals surface area contributed by atoms with Crippen molar-refractivity contribution in [3.05, 3.63) is 50.4 Å². The van der Waals surface area contributed by atoms with Gasteiger partial charge in [0.25, 0.3) is 5.91 Å². The molecule has 0 atom stereocenters. The van der Waals surface area contributed by atoms with Crippen LogP contribution < -0.4 is 11.1 Å². The van der Waals surface area contributed by atoms with E-state index in [0.29, 0.717) is 17.8 Å². The maximum absolute atomic E-state index is 11.9. The molecule has 0 aliphatic heterocycles. The summed E-state index contributed by atoms with van der Waals surface area (Å²) in [5.74, 6) is -0.223. The fourth-order valence-corrected chi connectivity index (χ4v) is 2.89. The third kappa shape index (κ3) is 3.82. The Morgan fingerprint density at radius 1 is 1.53 bits per heavy atom. The summed E-state index contributed by atoms with van der Waals surface area (Å²) in [5.41, 5.74) is 6.45. The van der Waals surface area contributed by atoms with Crippen LogP contribution in [0.15, 0.2) is 34.2 Å². The monoisotopic (exact) mass is 355 g/mol. The number of carbonyl (C=O) groups excluding carboxylic acids is 1. The number of thiocarbonyl (C=S) groups is 1. The van der Waals surface area contributed by atoms with E-state index < -0.39 is 0 Å². The summed E-state index contributed by atoms with van der Waals surface area (Å²) in [6.45, 7) is 0.480. The smallest absolute Gasteiger partial charge is 0.270 e. The molecule has 98 valence electrons. The van der Waals surface area contributed by atoms with Gasteiger partial charge in [-0.1, -0.05) is 12.2 Å². The van der Waals surface area contributed by atoms with E-state index in [9.17, 15) is 4.79 Å². The van der Waals surface area contributed by atoms with E-state index in [1.807, 2.05) is 11.4 Å². The Kier molecular flexibility index (Phi) is 4.62. The van der Waals surface area contributed by atoms with Crippen LogP contribution in [0.2, 0.25) is 0 Å². The van der Waals surface area contributed by atoms with Crippen LogP contribution in [0.4, 0.5) is 0 Å². The molecule has 4 nitrogen and oxygen atoms in total. The Hall–Kier alpha value is -1.31. The predicted octanol–water partition coefficient (Wildman–Crippen LogP) is 2.47. The lowest BCUT2D eigenvalue weighted by Crippen LogP contribution is -2.23. The number of aromatic nitrogens is 1. The minimum atomic E-state index is -0.223. The van der Waals surface area contributed by atoms with Crippen molar-refractivity contribution in [1.82, 2.24) is 10.3 Å². The number of thiophene rings is 1. The molecule has 0 fully saturated rings. The van der Waals surface area contributed by atoms with E-state index in [0.717, 1.165) is 9.35 Å². The van der Waals surface area contributed by atoms with Gasteiger partial charge in [0.05, 0.1) is 6.54 Å². The molecule has 0 aliphatic rings. The molecule has 0 aromatic carbocycles. The highest BCUT2D eigenvalue weighted by atomic mass is 79.9. The van der Waals surface area contributed by atoms with Crippen LogP contribution >= 0.6 is 39.5 Å². The first-order valence-corrected chi connectivity index (χ1v) is 7.41. The van der Waals surface area contributed by atoms with E-state index in [2.05, 4.69) is 26.2 Å². The Labute approximate surface area is 128 Å². The van der Waals surface area contributed by atoms with E-state index >= 15 is 0 Å². The molecule has 2 rings (SSSR count). The van der Waals surface area contributed by atoms with Crippen molar-refractivity contribution in [3.63, 3.8) is 0 Å². The van der Waals surface area contributed by atoms with Gasteiger partial charge in [-0.25, -0.2) is 0 Å². The SMILES string of the molecule is NC(=S)c1ccc(C(=O)NCc2cc(Br)cs2)nc1. The minimum Gasteiger partial charge on any atom is -0.389 e. The normalized spacial score (nSPS) is 10.2. The molecule has 0 spiro atoms. The fourth-order valence-electron chi connectivity index (χ4n) is 1.38. The number of rotatable bonds is 4. The molecule has 2 aromatic heterocycles. The van der Waals surface area contributed by atoms with Crippen LogP contribution in [0.25, 0.3) is 0 Å². The average molecular weight is 356 g/mol. The molecule has 2 aromatic rings. The average Bonchev–Trinajstić information content (AvgIpc) is 2.82. The van der Waals surface area contributed by atoms with E-state index in [1.165, 1.54) is 6.20 Å². The van der Waals surface area contributed by atoms with Crippen molar-refractivity contribution in [3.8, 4) is 0 Å². The van der Waals surface area contributed by atoms with Crippen molar-refractivity contribution in [2.75, 3.05) is 0 Å². The highest BCUT2D eigenvalue weighted by Gasteiger charge is 2.08. The maximum atomic E-state index is 11.9. The summed E-state index contributed by atoms with van der Waals surface area (Å²) in [5, 5.41) is 4.77. The van der Waals surface area contributed by atoms with Crippen molar-refractivity contribution < 1.29 is 4.79 Å². The largest absolute Gasteiger partial charge is 0.389 e. The topological polar surface area (TPSA) is 68.0 Å². The van der Waals surface area contributed by atoms with Gasteiger partial charge >= 0.3 is 0 Å². The lowest BCUT2D eigenvalue weighted by atomic mass is 10.2. The summed E-state index contributed by atoms with van der Waals surface area (Å²) in [6, 6.07) is 5.26. The van der Waals surface area contributed by atoms with Gasteiger partial charge in [0.1, 0.15) is 10.7 Å². The van der Waals surface area contributed by atoms with E-state index in [1.54, 1.807) is 23.5 Å². The van der Waals surface area contributed by atoms with Crippen molar-refractivity contribution >= 4 is 50.4 Å². The van der Waals surface area contributed by atoms with Crippen molar-refractivity contribution in [1.29, 1.82) is 0 Å². The zero-order valence-corrected chi connectivity index (χ0v) is 12.9. The van der Waals surface area contributed by atoms with Gasteiger partial charge < -0.3 is 11.1 Å². The molecule has 3 N–H and O–H groups in total. The predicted molar refractivity (Wildman–Crippen MR) is 83.3 cm³/mol. The van der Waals surface area contributed by atoms with Gasteiger partial charge in [-0.2, -0.15) is 0 Å².